The van der Waals surface area contributed by atoms with E-state index in [-0.39, 0.29) is 16.2 Å². The first-order valence-electron chi connectivity index (χ1n) is 7.40. The summed E-state index contributed by atoms with van der Waals surface area (Å²) in [6.07, 6.45) is 0. The van der Waals surface area contributed by atoms with Crippen molar-refractivity contribution in [3.05, 3.63) is 65.2 Å². The minimum absolute atomic E-state index is 0.130. The molecule has 1 atom stereocenters. The monoisotopic (exact) mass is 343 g/mol. The number of amides is 2. The lowest BCUT2D eigenvalue weighted by Gasteiger charge is -2.06. The highest BCUT2D eigenvalue weighted by Gasteiger charge is 2.34. The number of hydrogen-bond acceptors (Lipinski definition) is 5. The minimum Gasteiger partial charge on any atom is -0.497 e. The van der Waals surface area contributed by atoms with Crippen LogP contribution in [0.25, 0.3) is 0 Å². The predicted octanol–water partition coefficient (Wildman–Crippen LogP) is 2.56. The second-order valence-corrected chi connectivity index (χ2v) is 5.30. The number of carboxylic acids is 1. The summed E-state index contributed by atoms with van der Waals surface area (Å²) in [7, 11) is 1.58. The fourth-order valence-corrected chi connectivity index (χ4v) is 2.21. The molecule has 2 aromatic carbocycles. The number of carboxylic acid groups (broad SMARTS) is 1. The number of hydrogen-bond donors (Lipinski definition) is 2. The Morgan fingerprint density at radius 2 is 1.48 bits per heavy atom. The molecule has 0 aromatic heterocycles. The highest BCUT2D eigenvalue weighted by molar-refractivity contribution is 6.20. The van der Waals surface area contributed by atoms with Gasteiger partial charge in [-0.3, -0.25) is 19.6 Å². The highest BCUT2D eigenvalue weighted by atomic mass is 16.5. The molecule has 1 unspecified atom stereocenters. The average molecular weight is 343 g/mol. The predicted molar refractivity (Wildman–Crippen MR) is 87.8 cm³/mol. The largest absolute Gasteiger partial charge is 0.497 e. The molecule has 1 aliphatic heterocycles. The normalized spacial score (nSPS) is 13.6. The second kappa shape index (κ2) is 7.59. The van der Waals surface area contributed by atoms with Crippen molar-refractivity contribution in [3.63, 3.8) is 0 Å². The molecule has 2 aromatic rings. The summed E-state index contributed by atoms with van der Waals surface area (Å²) in [6, 6.07) is 13.3. The number of aliphatic carboxylic acids is 1. The number of fused-ring (bicyclic) bond motifs is 1. The zero-order valence-electron chi connectivity index (χ0n) is 13.7. The number of hydroxylamine groups is 2. The van der Waals surface area contributed by atoms with Crippen molar-refractivity contribution in [2.24, 2.45) is 0 Å². The van der Waals surface area contributed by atoms with Crippen LogP contribution >= 0.6 is 0 Å². The summed E-state index contributed by atoms with van der Waals surface area (Å²) in [5.74, 6) is -1.86. The quantitative estimate of drug-likeness (QED) is 0.655. The number of rotatable bonds is 3. The van der Waals surface area contributed by atoms with E-state index in [0.717, 1.165) is 11.3 Å². The van der Waals surface area contributed by atoms with E-state index >= 15 is 0 Å². The van der Waals surface area contributed by atoms with E-state index in [1.54, 1.807) is 50.4 Å². The van der Waals surface area contributed by atoms with Crippen molar-refractivity contribution in [1.82, 2.24) is 5.06 Å². The van der Waals surface area contributed by atoms with Gasteiger partial charge in [-0.1, -0.05) is 24.3 Å². The third-order valence-corrected chi connectivity index (χ3v) is 3.76. The zero-order chi connectivity index (χ0) is 18.6. The molecular formula is C18H17NO6. The summed E-state index contributed by atoms with van der Waals surface area (Å²) in [4.78, 5) is 32.7. The maximum atomic E-state index is 11.1. The van der Waals surface area contributed by atoms with E-state index in [1.807, 2.05) is 0 Å². The Morgan fingerprint density at radius 1 is 1.00 bits per heavy atom. The fourth-order valence-electron chi connectivity index (χ4n) is 2.21. The molecule has 2 N–H and O–H groups in total. The van der Waals surface area contributed by atoms with Crippen molar-refractivity contribution in [2.45, 2.75) is 12.8 Å². The van der Waals surface area contributed by atoms with Crippen LogP contribution in [-0.2, 0) is 4.79 Å². The van der Waals surface area contributed by atoms with Crippen LogP contribution in [0.1, 0.15) is 39.1 Å². The molecule has 7 heteroatoms. The molecule has 0 aliphatic carbocycles. The van der Waals surface area contributed by atoms with Gasteiger partial charge < -0.3 is 9.84 Å². The number of methoxy groups -OCH3 is 1. The van der Waals surface area contributed by atoms with Crippen LogP contribution in [0.5, 0.6) is 5.75 Å². The number of carbonyl (C=O) groups excluding carboxylic acids is 2. The lowest BCUT2D eigenvalue weighted by molar-refractivity contribution is -0.138. The molecule has 0 saturated carbocycles. The molecule has 0 spiro atoms. The molecule has 1 aliphatic rings. The van der Waals surface area contributed by atoms with Crippen molar-refractivity contribution in [2.75, 3.05) is 7.11 Å². The molecule has 7 nitrogen and oxygen atoms in total. The van der Waals surface area contributed by atoms with Crippen molar-refractivity contribution < 1.29 is 29.4 Å². The summed E-state index contributed by atoms with van der Waals surface area (Å²) in [6.45, 7) is 1.66. The first-order chi connectivity index (χ1) is 11.9. The van der Waals surface area contributed by atoms with Gasteiger partial charge in [0.2, 0.25) is 0 Å². The molecular weight excluding hydrogens is 326 g/mol. The molecule has 0 fully saturated rings. The van der Waals surface area contributed by atoms with E-state index in [9.17, 15) is 14.4 Å². The highest BCUT2D eigenvalue weighted by Crippen LogP contribution is 2.20. The minimum atomic E-state index is -0.815. The van der Waals surface area contributed by atoms with Gasteiger partial charge in [0.05, 0.1) is 24.2 Å². The Kier molecular flexibility index (Phi) is 5.51. The van der Waals surface area contributed by atoms with Crippen LogP contribution in [0.4, 0.5) is 0 Å². The molecule has 0 radical (unpaired) electrons. The van der Waals surface area contributed by atoms with Crippen LogP contribution in [0.2, 0.25) is 0 Å². The fraction of sp³-hybridized carbons (Fsp3) is 0.167. The molecule has 130 valence electrons. The third-order valence-electron chi connectivity index (χ3n) is 3.76. The van der Waals surface area contributed by atoms with Crippen LogP contribution in [-0.4, -0.2) is 40.3 Å². The summed E-state index contributed by atoms with van der Waals surface area (Å²) in [5, 5.41) is 17.8. The van der Waals surface area contributed by atoms with Crippen molar-refractivity contribution in [3.8, 4) is 5.75 Å². The molecule has 2 amide bonds. The van der Waals surface area contributed by atoms with Gasteiger partial charge in [0.1, 0.15) is 5.75 Å². The summed E-state index contributed by atoms with van der Waals surface area (Å²) >= 11 is 0. The lowest BCUT2D eigenvalue weighted by atomic mass is 10.0. The Hall–Kier alpha value is -3.19. The number of ether oxygens (including phenoxy) is 1. The van der Waals surface area contributed by atoms with E-state index in [2.05, 4.69) is 0 Å². The van der Waals surface area contributed by atoms with Gasteiger partial charge in [0, 0.05) is 0 Å². The van der Waals surface area contributed by atoms with E-state index in [4.69, 9.17) is 15.1 Å². The Bertz CT molecular complexity index is 764. The van der Waals surface area contributed by atoms with Crippen LogP contribution < -0.4 is 4.74 Å². The third kappa shape index (κ3) is 3.84. The molecule has 1 heterocycles. The van der Waals surface area contributed by atoms with Crippen molar-refractivity contribution >= 4 is 17.8 Å². The summed E-state index contributed by atoms with van der Waals surface area (Å²) < 4.78 is 4.96. The standard InChI is InChI=1S/C10H12O3.C8H5NO3/c1-7(10(11)12)8-3-5-9(13-2)6-4-8;10-7-5-3-1-2-4-6(5)8(11)9(7)12/h3-7H,1-2H3,(H,11,12);1-4,12H. The van der Waals surface area contributed by atoms with Gasteiger partial charge in [-0.05, 0) is 36.8 Å². The average Bonchev–Trinajstić information content (AvgIpc) is 2.86. The number of benzene rings is 2. The maximum absolute atomic E-state index is 11.1. The molecule has 0 bridgehead atoms. The van der Waals surface area contributed by atoms with Crippen LogP contribution in [0, 0.1) is 0 Å². The lowest BCUT2D eigenvalue weighted by Crippen LogP contribution is -2.25. The Balaban J connectivity index is 0.000000181. The number of carbonyl (C=O) groups is 3. The second-order valence-electron chi connectivity index (χ2n) is 5.30. The van der Waals surface area contributed by atoms with Crippen LogP contribution in [0.15, 0.2) is 48.5 Å². The zero-order valence-corrected chi connectivity index (χ0v) is 13.7. The van der Waals surface area contributed by atoms with Gasteiger partial charge >= 0.3 is 5.97 Å². The van der Waals surface area contributed by atoms with E-state index in [1.165, 1.54) is 12.1 Å². The molecule has 0 saturated heterocycles. The molecule has 25 heavy (non-hydrogen) atoms. The van der Waals surface area contributed by atoms with Gasteiger partial charge in [0.15, 0.2) is 0 Å². The van der Waals surface area contributed by atoms with Gasteiger partial charge in [-0.2, -0.15) is 0 Å². The van der Waals surface area contributed by atoms with Gasteiger partial charge in [0.25, 0.3) is 11.8 Å². The SMILES string of the molecule is COc1ccc(C(C)C(=O)O)cc1.O=C1c2ccccc2C(=O)N1O. The first-order valence-corrected chi connectivity index (χ1v) is 7.40. The number of imide groups is 1. The first kappa shape index (κ1) is 18.2. The van der Waals surface area contributed by atoms with Gasteiger partial charge in [-0.25, -0.2) is 0 Å². The van der Waals surface area contributed by atoms with E-state index in [0.29, 0.717) is 0 Å². The maximum Gasteiger partial charge on any atom is 0.310 e. The number of nitrogens with zero attached hydrogens (tertiary/aromatic N) is 1. The topological polar surface area (TPSA) is 104 Å². The van der Waals surface area contributed by atoms with Gasteiger partial charge in [-0.15, -0.1) is 5.06 Å². The van der Waals surface area contributed by atoms with E-state index < -0.39 is 23.7 Å². The molecule has 3 rings (SSSR count). The van der Waals surface area contributed by atoms with Crippen LogP contribution in [0.3, 0.4) is 0 Å². The summed E-state index contributed by atoms with van der Waals surface area (Å²) in [5.41, 5.74) is 1.29. The Morgan fingerprint density at radius 3 is 1.88 bits per heavy atom. The Labute approximate surface area is 144 Å². The van der Waals surface area contributed by atoms with Crippen molar-refractivity contribution in [1.29, 1.82) is 0 Å². The smallest absolute Gasteiger partial charge is 0.310 e.